The molecule has 17 heteroatoms. The zero-order chi connectivity index (χ0) is 39.0. The van der Waals surface area contributed by atoms with Gasteiger partial charge < -0.3 is 20.7 Å². The maximum absolute atomic E-state index is 14.0. The van der Waals surface area contributed by atoms with E-state index in [1.54, 1.807) is 26.2 Å². The van der Waals surface area contributed by atoms with Crippen molar-refractivity contribution in [2.45, 2.75) is 50.4 Å². The Bertz CT molecular complexity index is 2540. The number of hydrogen-bond donors (Lipinski definition) is 3. The molecule has 2 amide bonds. The van der Waals surface area contributed by atoms with Crippen molar-refractivity contribution >= 4 is 40.2 Å². The molecular weight excluding hydrogens is 739 g/mol. The van der Waals surface area contributed by atoms with Gasteiger partial charge in [0.2, 0.25) is 11.7 Å². The predicted molar refractivity (Wildman–Crippen MR) is 201 cm³/mol. The first-order valence-electron chi connectivity index (χ1n) is 17.8. The Morgan fingerprint density at radius 2 is 1.75 bits per heavy atom. The summed E-state index contributed by atoms with van der Waals surface area (Å²) in [5.41, 5.74) is 3.39. The number of anilines is 2. The number of nitrogens with one attached hydrogen (secondary N) is 3. The highest BCUT2D eigenvalue weighted by Gasteiger charge is 2.45. The molecule has 2 aliphatic heterocycles. The largest absolute Gasteiger partial charge is 0.481 e. The number of likely N-dealkylation sites (tertiary alicyclic amines) is 1. The molecule has 13 nitrogen and oxygen atoms in total. The molecule has 0 unspecified atom stereocenters. The number of benzene rings is 2. The van der Waals surface area contributed by atoms with Crippen LogP contribution in [-0.2, 0) is 26.7 Å². The number of pyridine rings is 1. The Kier molecular flexibility index (Phi) is 8.87. The van der Waals surface area contributed by atoms with Crippen LogP contribution >= 0.6 is 11.6 Å². The van der Waals surface area contributed by atoms with E-state index in [4.69, 9.17) is 21.3 Å². The Morgan fingerprint density at radius 3 is 2.49 bits per heavy atom. The van der Waals surface area contributed by atoms with Crippen molar-refractivity contribution in [2.24, 2.45) is 14.1 Å². The summed E-state index contributed by atoms with van der Waals surface area (Å²) in [4.78, 5) is 52.6. The average Bonchev–Trinajstić information content (AvgIpc) is 3.77. The number of fused-ring (bicyclic) bond motifs is 2. The zero-order valence-corrected chi connectivity index (χ0v) is 31.2. The number of alkyl halides is 3. The van der Waals surface area contributed by atoms with Crippen molar-refractivity contribution in [3.8, 4) is 28.3 Å². The topological polar surface area (TPSA) is 148 Å². The molecule has 2 fully saturated rings. The average molecular weight is 776 g/mol. The van der Waals surface area contributed by atoms with Crippen molar-refractivity contribution in [1.82, 2.24) is 39.6 Å². The molecule has 0 radical (unpaired) electrons. The molecule has 55 heavy (non-hydrogen) atoms. The first kappa shape index (κ1) is 36.5. The number of carbonyl (C=O) groups is 1. The molecule has 1 spiro atoms. The molecule has 5 heterocycles. The Labute approximate surface area is 317 Å². The van der Waals surface area contributed by atoms with Gasteiger partial charge in [-0.05, 0) is 61.4 Å². The second kappa shape index (κ2) is 13.4. The number of aromatic nitrogens is 5. The third-order valence-corrected chi connectivity index (χ3v) is 11.5. The van der Waals surface area contributed by atoms with Crippen LogP contribution < -0.4 is 31.9 Å². The van der Waals surface area contributed by atoms with Crippen molar-refractivity contribution in [1.29, 1.82) is 0 Å². The number of rotatable bonds is 6. The first-order chi connectivity index (χ1) is 26.2. The normalized spacial score (nSPS) is 19.8. The molecule has 3 N–H and O–H groups in total. The molecule has 286 valence electrons. The summed E-state index contributed by atoms with van der Waals surface area (Å²) in [5, 5.41) is 9.09. The molecule has 0 saturated carbocycles. The molecule has 1 aliphatic carbocycles. The summed E-state index contributed by atoms with van der Waals surface area (Å²) in [6.45, 7) is 4.03. The van der Waals surface area contributed by atoms with Gasteiger partial charge in [0.1, 0.15) is 11.2 Å². The lowest BCUT2D eigenvalue weighted by Gasteiger charge is -2.36. The first-order valence-corrected chi connectivity index (χ1v) is 18.2. The number of carbonyl (C=O) groups excluding carboxylic acids is 1. The number of amides is 2. The van der Waals surface area contributed by atoms with Gasteiger partial charge >= 0.3 is 17.9 Å². The van der Waals surface area contributed by atoms with Crippen LogP contribution in [0.3, 0.4) is 0 Å². The number of hydrogen-bond acceptors (Lipinski definition) is 9. The van der Waals surface area contributed by atoms with E-state index in [0.29, 0.717) is 51.1 Å². The fourth-order valence-electron chi connectivity index (χ4n) is 8.28. The summed E-state index contributed by atoms with van der Waals surface area (Å²) in [7, 11) is 4.08. The second-order valence-corrected chi connectivity index (χ2v) is 14.7. The second-order valence-electron chi connectivity index (χ2n) is 14.3. The molecule has 0 bridgehead atoms. The maximum Gasteiger partial charge on any atom is 0.451 e. The number of methoxy groups -OCH3 is 1. The van der Waals surface area contributed by atoms with Gasteiger partial charge in [-0.1, -0.05) is 41.9 Å². The van der Waals surface area contributed by atoms with E-state index >= 15 is 0 Å². The van der Waals surface area contributed by atoms with Crippen LogP contribution in [0.5, 0.6) is 5.88 Å². The van der Waals surface area contributed by atoms with Gasteiger partial charge in [-0.15, -0.1) is 0 Å². The van der Waals surface area contributed by atoms with Crippen molar-refractivity contribution < 1.29 is 22.7 Å². The van der Waals surface area contributed by atoms with Crippen LogP contribution in [0.4, 0.5) is 29.5 Å². The highest BCUT2D eigenvalue weighted by molar-refractivity contribution is 6.36. The van der Waals surface area contributed by atoms with E-state index in [0.717, 1.165) is 59.0 Å². The van der Waals surface area contributed by atoms with E-state index in [1.807, 2.05) is 24.3 Å². The van der Waals surface area contributed by atoms with Gasteiger partial charge in [0, 0.05) is 62.1 Å². The van der Waals surface area contributed by atoms with Gasteiger partial charge in [0.15, 0.2) is 5.65 Å². The zero-order valence-electron chi connectivity index (χ0n) is 30.4. The molecule has 5 aromatic rings. The summed E-state index contributed by atoms with van der Waals surface area (Å²) < 4.78 is 49.5. The van der Waals surface area contributed by atoms with Gasteiger partial charge in [-0.2, -0.15) is 13.2 Å². The fraction of sp³-hybridized carbons (Fsp3) is 0.368. The number of aryl methyl sites for hydroxylation is 2. The molecule has 8 rings (SSSR count). The van der Waals surface area contributed by atoms with Crippen LogP contribution in [0.15, 0.2) is 52.1 Å². The van der Waals surface area contributed by atoms with Crippen molar-refractivity contribution in [3.63, 3.8) is 0 Å². The fourth-order valence-corrected chi connectivity index (χ4v) is 8.61. The number of urea groups is 1. The van der Waals surface area contributed by atoms with Crippen LogP contribution in [0.25, 0.3) is 33.4 Å². The van der Waals surface area contributed by atoms with Gasteiger partial charge in [0.25, 0.3) is 5.56 Å². The van der Waals surface area contributed by atoms with E-state index in [2.05, 4.69) is 36.9 Å². The Morgan fingerprint density at radius 1 is 1.00 bits per heavy atom. The quantitative estimate of drug-likeness (QED) is 0.200. The molecule has 2 aromatic carbocycles. The van der Waals surface area contributed by atoms with E-state index in [9.17, 15) is 27.6 Å². The number of halogens is 4. The lowest BCUT2D eigenvalue weighted by molar-refractivity contribution is -0.144. The molecule has 2 saturated heterocycles. The third-order valence-electron chi connectivity index (χ3n) is 11.1. The predicted octanol–water partition coefficient (Wildman–Crippen LogP) is 5.62. The lowest BCUT2D eigenvalue weighted by Crippen LogP contribution is -2.59. The highest BCUT2D eigenvalue weighted by atomic mass is 35.5. The van der Waals surface area contributed by atoms with Crippen LogP contribution in [-0.4, -0.2) is 67.3 Å². The SMILES string of the molecule is COc1nc(-c2cccc(-c3cccc(Nc4nc(C(F)(F)F)nc5c4c(=O)n(C)c(=O)n5C)c3C)c2Cl)cc2c1[C@@H](N1CC[C@@]3(CCNC(=O)N3)C1)CC2. The number of ether oxygens (including phenoxy) is 1. The molecule has 2 atom stereocenters. The summed E-state index contributed by atoms with van der Waals surface area (Å²) in [5.74, 6) is -1.38. The minimum Gasteiger partial charge on any atom is -0.481 e. The van der Waals surface area contributed by atoms with Gasteiger partial charge in [-0.25, -0.2) is 24.5 Å². The monoisotopic (exact) mass is 775 g/mol. The maximum atomic E-state index is 14.0. The van der Waals surface area contributed by atoms with E-state index in [-0.39, 0.29) is 23.0 Å². The molecular formula is C38H37ClF3N9O4. The third kappa shape index (κ3) is 6.16. The van der Waals surface area contributed by atoms with Crippen molar-refractivity contribution in [2.75, 3.05) is 32.1 Å². The summed E-state index contributed by atoms with van der Waals surface area (Å²) in [6, 6.07) is 12.8. The summed E-state index contributed by atoms with van der Waals surface area (Å²) in [6.07, 6.45) is -1.50. The number of nitrogens with zero attached hydrogens (tertiary/aromatic N) is 6. The van der Waals surface area contributed by atoms with Crippen LogP contribution in [0, 0.1) is 6.92 Å². The smallest absolute Gasteiger partial charge is 0.451 e. The summed E-state index contributed by atoms with van der Waals surface area (Å²) >= 11 is 7.18. The van der Waals surface area contributed by atoms with Crippen LogP contribution in [0.2, 0.25) is 5.02 Å². The Balaban J connectivity index is 1.15. The molecule has 3 aromatic heterocycles. The Hall–Kier alpha value is -5.48. The lowest BCUT2D eigenvalue weighted by atomic mass is 9.93. The standard InChI is InChI=1S/C38H37ClF3N9O4/c1-19-21(7-6-10-24(19)44-30-28-31(47-34(46-30)38(40,41)42)49(2)36(54)50(3)33(28)52)22-8-5-9-23(29(22)39)25-17-20-11-12-26(27(20)32(45-25)55-4)51-16-14-37(18-51)13-15-43-35(53)48-37/h5-10,17,26H,11-16,18H2,1-4H3,(H2,43,48,53)(H,44,46,47)/t26-,37-/m0/s1. The van der Waals surface area contributed by atoms with E-state index in [1.165, 1.54) is 14.1 Å². The minimum atomic E-state index is -4.95. The molecule has 3 aliphatic rings. The van der Waals surface area contributed by atoms with Gasteiger partial charge in [-0.3, -0.25) is 18.8 Å². The van der Waals surface area contributed by atoms with Crippen molar-refractivity contribution in [3.05, 3.63) is 90.8 Å². The van der Waals surface area contributed by atoms with E-state index < -0.39 is 34.7 Å². The highest BCUT2D eigenvalue weighted by Crippen LogP contribution is 2.46. The minimum absolute atomic E-state index is 0.0987. The van der Waals surface area contributed by atoms with Gasteiger partial charge in [0.05, 0.1) is 23.4 Å². The van der Waals surface area contributed by atoms with Crippen LogP contribution in [0.1, 0.15) is 47.8 Å².